The van der Waals surface area contributed by atoms with E-state index < -0.39 is 0 Å². The summed E-state index contributed by atoms with van der Waals surface area (Å²) in [7, 11) is 0. The third-order valence-corrected chi connectivity index (χ3v) is 3.56. The summed E-state index contributed by atoms with van der Waals surface area (Å²) in [6.07, 6.45) is 3.59. The lowest BCUT2D eigenvalue weighted by atomic mass is 9.99. The van der Waals surface area contributed by atoms with Gasteiger partial charge in [-0.1, -0.05) is 0 Å². The summed E-state index contributed by atoms with van der Waals surface area (Å²) < 4.78 is 0. The van der Waals surface area contributed by atoms with E-state index in [1.807, 2.05) is 6.07 Å². The Morgan fingerprint density at radius 3 is 2.69 bits per heavy atom. The number of fused-ring (bicyclic) bond motifs is 2. The van der Waals surface area contributed by atoms with Crippen LogP contribution < -0.4 is 0 Å². The first-order valence-corrected chi connectivity index (χ1v) is 5.53. The van der Waals surface area contributed by atoms with Crippen molar-refractivity contribution < 1.29 is 9.72 Å². The van der Waals surface area contributed by atoms with Crippen LogP contribution in [-0.4, -0.2) is 10.7 Å². The van der Waals surface area contributed by atoms with E-state index in [4.69, 9.17) is 0 Å². The minimum Gasteiger partial charge on any atom is -0.294 e. The number of aryl methyl sites for hydroxylation is 1. The first kappa shape index (κ1) is 9.51. The zero-order chi connectivity index (χ0) is 11.3. The number of ketones is 1. The van der Waals surface area contributed by atoms with Crippen LogP contribution in [0.15, 0.2) is 6.07 Å². The monoisotopic (exact) mass is 217 g/mol. The van der Waals surface area contributed by atoms with Crippen molar-refractivity contribution in [3.05, 3.63) is 38.4 Å². The number of Topliss-reactive ketones (excluding diaryl/α,β-unsaturated/α-hetero) is 1. The molecule has 1 aromatic rings. The van der Waals surface area contributed by atoms with Crippen LogP contribution >= 0.6 is 0 Å². The molecule has 1 aromatic carbocycles. The molecule has 0 saturated heterocycles. The molecule has 0 fully saturated rings. The average Bonchev–Trinajstić information content (AvgIpc) is 2.82. The van der Waals surface area contributed by atoms with Gasteiger partial charge in [-0.3, -0.25) is 14.9 Å². The molecule has 4 heteroatoms. The third-order valence-electron chi connectivity index (χ3n) is 3.56. The molecule has 0 aliphatic heterocycles. The van der Waals surface area contributed by atoms with Gasteiger partial charge in [0.15, 0.2) is 5.78 Å². The van der Waals surface area contributed by atoms with Crippen molar-refractivity contribution in [3.63, 3.8) is 0 Å². The molecular weight excluding hydrogens is 206 g/mol. The van der Waals surface area contributed by atoms with Gasteiger partial charge in [0.25, 0.3) is 5.69 Å². The molecule has 0 radical (unpaired) electrons. The van der Waals surface area contributed by atoms with Crippen LogP contribution in [0, 0.1) is 10.1 Å². The van der Waals surface area contributed by atoms with E-state index in [1.165, 1.54) is 0 Å². The minimum absolute atomic E-state index is 0.0628. The molecule has 0 spiro atoms. The molecule has 0 unspecified atom stereocenters. The second-order valence-corrected chi connectivity index (χ2v) is 4.42. The Balaban J connectivity index is 2.33. The quantitative estimate of drug-likeness (QED) is 0.535. The van der Waals surface area contributed by atoms with E-state index in [1.54, 1.807) is 0 Å². The molecule has 4 nitrogen and oxygen atoms in total. The summed E-state index contributed by atoms with van der Waals surface area (Å²) in [6.45, 7) is 0. The van der Waals surface area contributed by atoms with Crippen molar-refractivity contribution >= 4 is 11.5 Å². The normalized spacial score (nSPS) is 17.4. The molecule has 2 aliphatic rings. The fraction of sp³-hybridized carbons (Fsp3) is 0.417. The lowest BCUT2D eigenvalue weighted by molar-refractivity contribution is -0.386. The number of nitrogens with zero attached hydrogens (tertiary/aromatic N) is 1. The number of nitro benzene ring substituents is 1. The summed E-state index contributed by atoms with van der Waals surface area (Å²) in [5.74, 6) is 0.0628. The van der Waals surface area contributed by atoms with E-state index in [0.717, 1.165) is 30.4 Å². The van der Waals surface area contributed by atoms with Gasteiger partial charge in [-0.05, 0) is 37.3 Å². The van der Waals surface area contributed by atoms with E-state index in [9.17, 15) is 14.9 Å². The van der Waals surface area contributed by atoms with Crippen LogP contribution in [0.2, 0.25) is 0 Å². The maximum Gasteiger partial charge on any atom is 0.276 e. The molecule has 0 atom stereocenters. The third kappa shape index (κ3) is 1.13. The standard InChI is InChI=1S/C12H11NO3/c14-11-5-4-9-10(11)6-7-2-1-3-8(7)12(9)13(15)16/h6H,1-5H2. The Morgan fingerprint density at radius 2 is 1.94 bits per heavy atom. The number of nitro groups is 1. The number of rotatable bonds is 1. The van der Waals surface area contributed by atoms with Crippen molar-refractivity contribution in [2.24, 2.45) is 0 Å². The highest BCUT2D eigenvalue weighted by atomic mass is 16.6. The average molecular weight is 217 g/mol. The lowest BCUT2D eigenvalue weighted by Gasteiger charge is -2.06. The molecule has 0 bridgehead atoms. The summed E-state index contributed by atoms with van der Waals surface area (Å²) in [5.41, 5.74) is 3.40. The number of carbonyl (C=O) groups is 1. The van der Waals surface area contributed by atoms with Gasteiger partial charge in [0, 0.05) is 23.1 Å². The van der Waals surface area contributed by atoms with Crippen LogP contribution in [0.25, 0.3) is 0 Å². The van der Waals surface area contributed by atoms with Gasteiger partial charge >= 0.3 is 0 Å². The van der Waals surface area contributed by atoms with E-state index in [0.29, 0.717) is 24.0 Å². The van der Waals surface area contributed by atoms with Gasteiger partial charge in [0.1, 0.15) is 0 Å². The first-order valence-electron chi connectivity index (χ1n) is 5.53. The van der Waals surface area contributed by atoms with Gasteiger partial charge in [-0.2, -0.15) is 0 Å². The van der Waals surface area contributed by atoms with Gasteiger partial charge in [-0.15, -0.1) is 0 Å². The van der Waals surface area contributed by atoms with Gasteiger partial charge in [0.05, 0.1) is 4.92 Å². The fourth-order valence-corrected chi connectivity index (χ4v) is 2.86. The highest BCUT2D eigenvalue weighted by Crippen LogP contribution is 2.39. The SMILES string of the molecule is O=C1CCc2c1cc1c(c2[N+](=O)[O-])CCC1. The first-order chi connectivity index (χ1) is 7.68. The van der Waals surface area contributed by atoms with Crippen LogP contribution in [0.4, 0.5) is 5.69 Å². The molecule has 2 aliphatic carbocycles. The van der Waals surface area contributed by atoms with Crippen molar-refractivity contribution in [1.82, 2.24) is 0 Å². The molecule has 0 amide bonds. The molecular formula is C12H11NO3. The molecule has 3 rings (SSSR count). The van der Waals surface area contributed by atoms with Crippen molar-refractivity contribution in [1.29, 1.82) is 0 Å². The van der Waals surface area contributed by atoms with Crippen LogP contribution in [0.5, 0.6) is 0 Å². The number of hydrogen-bond acceptors (Lipinski definition) is 3. The topological polar surface area (TPSA) is 60.2 Å². The zero-order valence-electron chi connectivity index (χ0n) is 8.78. The fourth-order valence-electron chi connectivity index (χ4n) is 2.86. The summed E-state index contributed by atoms with van der Waals surface area (Å²) in [6, 6.07) is 1.89. The predicted octanol–water partition coefficient (Wildman–Crippen LogP) is 2.21. The maximum atomic E-state index is 11.6. The summed E-state index contributed by atoms with van der Waals surface area (Å²) in [5, 5.41) is 11.1. The summed E-state index contributed by atoms with van der Waals surface area (Å²) in [4.78, 5) is 22.4. The lowest BCUT2D eigenvalue weighted by Crippen LogP contribution is -2.02. The number of carbonyl (C=O) groups excluding carboxylic acids is 1. The van der Waals surface area contributed by atoms with E-state index in [-0.39, 0.29) is 16.4 Å². The zero-order valence-corrected chi connectivity index (χ0v) is 8.78. The maximum absolute atomic E-state index is 11.6. The second-order valence-electron chi connectivity index (χ2n) is 4.42. The Bertz CT molecular complexity index is 519. The molecule has 16 heavy (non-hydrogen) atoms. The molecule has 82 valence electrons. The smallest absolute Gasteiger partial charge is 0.276 e. The predicted molar refractivity (Wildman–Crippen MR) is 57.8 cm³/mol. The highest BCUT2D eigenvalue weighted by Gasteiger charge is 2.33. The van der Waals surface area contributed by atoms with Gasteiger partial charge < -0.3 is 0 Å². The van der Waals surface area contributed by atoms with Gasteiger partial charge in [-0.25, -0.2) is 0 Å². The number of benzene rings is 1. The Kier molecular flexibility index (Phi) is 1.87. The van der Waals surface area contributed by atoms with E-state index in [2.05, 4.69) is 0 Å². The Labute approximate surface area is 92.4 Å². The second kappa shape index (κ2) is 3.14. The minimum atomic E-state index is -0.304. The van der Waals surface area contributed by atoms with E-state index >= 15 is 0 Å². The molecule has 0 aromatic heterocycles. The van der Waals surface area contributed by atoms with Gasteiger partial charge in [0.2, 0.25) is 0 Å². The van der Waals surface area contributed by atoms with Crippen LogP contribution in [0.1, 0.15) is 39.9 Å². The largest absolute Gasteiger partial charge is 0.294 e. The number of hydrogen-bond donors (Lipinski definition) is 0. The van der Waals surface area contributed by atoms with Crippen molar-refractivity contribution in [2.75, 3.05) is 0 Å². The Hall–Kier alpha value is -1.71. The molecule has 0 heterocycles. The van der Waals surface area contributed by atoms with Crippen LogP contribution in [0.3, 0.4) is 0 Å². The highest BCUT2D eigenvalue weighted by molar-refractivity contribution is 6.02. The molecule has 0 saturated carbocycles. The summed E-state index contributed by atoms with van der Waals surface area (Å²) >= 11 is 0. The van der Waals surface area contributed by atoms with Crippen molar-refractivity contribution in [2.45, 2.75) is 32.1 Å². The Morgan fingerprint density at radius 1 is 1.12 bits per heavy atom. The van der Waals surface area contributed by atoms with Crippen LogP contribution in [-0.2, 0) is 19.3 Å². The van der Waals surface area contributed by atoms with Crippen molar-refractivity contribution in [3.8, 4) is 0 Å². The molecule has 0 N–H and O–H groups in total.